The van der Waals surface area contributed by atoms with Crippen LogP contribution in [0.15, 0.2) is 49.4 Å². The van der Waals surface area contributed by atoms with E-state index in [1.807, 2.05) is 29.3 Å². The van der Waals surface area contributed by atoms with Crippen LogP contribution in [0.25, 0.3) is 0 Å². The van der Waals surface area contributed by atoms with Gasteiger partial charge in [0.05, 0.1) is 0 Å². The van der Waals surface area contributed by atoms with Gasteiger partial charge in [-0.25, -0.2) is 0 Å². The second-order valence-electron chi connectivity index (χ2n) is 2.14. The zero-order valence-electron chi connectivity index (χ0n) is 5.96. The highest BCUT2D eigenvalue weighted by molar-refractivity contribution is 5.27. The molecule has 52 valence electrons. The fraction of sp³-hybridized carbons (Fsp3) is 0.111. The van der Waals surface area contributed by atoms with Gasteiger partial charge in [-0.3, -0.25) is 0 Å². The largest absolute Gasteiger partial charge is 0.351 e. The number of hydrogen-bond acceptors (Lipinski definition) is 1. The third-order valence-electron chi connectivity index (χ3n) is 1.45. The van der Waals surface area contributed by atoms with Crippen LogP contribution < -0.4 is 0 Å². The second-order valence-corrected chi connectivity index (χ2v) is 2.14. The summed E-state index contributed by atoms with van der Waals surface area (Å²) in [5.41, 5.74) is 1.22. The van der Waals surface area contributed by atoms with Crippen molar-refractivity contribution in [2.24, 2.45) is 0 Å². The summed E-state index contributed by atoms with van der Waals surface area (Å²) in [5.74, 6) is 0. The summed E-state index contributed by atoms with van der Waals surface area (Å²) >= 11 is 0. The van der Waals surface area contributed by atoms with Gasteiger partial charge in [0.25, 0.3) is 0 Å². The minimum atomic E-state index is 0.892. The summed E-state index contributed by atoms with van der Waals surface area (Å²) in [6.45, 7) is 8.25. The van der Waals surface area contributed by atoms with E-state index in [-0.39, 0.29) is 0 Å². The molecule has 1 heterocycles. The summed E-state index contributed by atoms with van der Waals surface area (Å²) in [6.07, 6.45) is 9.68. The predicted molar refractivity (Wildman–Crippen MR) is 44.3 cm³/mol. The van der Waals surface area contributed by atoms with E-state index < -0.39 is 0 Å². The molecule has 1 rings (SSSR count). The number of nitrogens with zero attached hydrogens (tertiary/aromatic N) is 1. The van der Waals surface area contributed by atoms with Crippen LogP contribution in [0.1, 0.15) is 0 Å². The van der Waals surface area contributed by atoms with E-state index in [1.165, 1.54) is 5.57 Å². The lowest BCUT2D eigenvalue weighted by atomic mass is 10.2. The van der Waals surface area contributed by atoms with Gasteiger partial charge in [-0.1, -0.05) is 25.3 Å². The van der Waals surface area contributed by atoms with Crippen molar-refractivity contribution in [1.82, 2.24) is 4.90 Å². The van der Waals surface area contributed by atoms with Crippen LogP contribution in [-0.4, -0.2) is 11.4 Å². The molecular formula is C9H11N. The molecule has 0 aromatic heterocycles. The maximum absolute atomic E-state index is 3.69. The van der Waals surface area contributed by atoms with E-state index in [0.29, 0.717) is 0 Å². The van der Waals surface area contributed by atoms with E-state index in [0.717, 1.165) is 6.54 Å². The number of allylic oxidation sites excluding steroid dienone is 2. The molecule has 0 radical (unpaired) electrons. The van der Waals surface area contributed by atoms with E-state index in [1.54, 1.807) is 6.20 Å². The van der Waals surface area contributed by atoms with E-state index >= 15 is 0 Å². The van der Waals surface area contributed by atoms with Crippen molar-refractivity contribution in [3.63, 3.8) is 0 Å². The molecule has 0 atom stereocenters. The van der Waals surface area contributed by atoms with Gasteiger partial charge in [0.2, 0.25) is 0 Å². The second kappa shape index (κ2) is 3.06. The minimum Gasteiger partial charge on any atom is -0.351 e. The molecule has 10 heavy (non-hydrogen) atoms. The van der Waals surface area contributed by atoms with Gasteiger partial charge in [0.1, 0.15) is 0 Å². The van der Waals surface area contributed by atoms with Crippen LogP contribution in [0.2, 0.25) is 0 Å². The van der Waals surface area contributed by atoms with Crippen molar-refractivity contribution in [3.05, 3.63) is 49.4 Å². The van der Waals surface area contributed by atoms with Gasteiger partial charge in [-0.15, -0.1) is 0 Å². The first-order valence-corrected chi connectivity index (χ1v) is 3.25. The van der Waals surface area contributed by atoms with Crippen LogP contribution in [0.5, 0.6) is 0 Å². The maximum Gasteiger partial charge on any atom is 0.0469 e. The first-order chi connectivity index (χ1) is 4.86. The highest BCUT2D eigenvalue weighted by Crippen LogP contribution is 2.07. The molecule has 1 nitrogen and oxygen atoms in total. The van der Waals surface area contributed by atoms with Crippen molar-refractivity contribution < 1.29 is 0 Å². The third-order valence-corrected chi connectivity index (χ3v) is 1.45. The molecule has 0 aliphatic carbocycles. The molecule has 0 amide bonds. The van der Waals surface area contributed by atoms with E-state index in [9.17, 15) is 0 Å². The standard InChI is InChI=1S/C9H11N/c1-3-9-6-5-7-10(4-2)8-9/h3-7H,1-2,8H2. The highest BCUT2D eigenvalue weighted by Gasteiger charge is 1.98. The highest BCUT2D eigenvalue weighted by atomic mass is 15.1. The summed E-state index contributed by atoms with van der Waals surface area (Å²) < 4.78 is 0. The number of rotatable bonds is 2. The molecule has 0 aromatic rings. The van der Waals surface area contributed by atoms with Gasteiger partial charge < -0.3 is 4.90 Å². The summed E-state index contributed by atoms with van der Waals surface area (Å²) in [4.78, 5) is 2.01. The quantitative estimate of drug-likeness (QED) is 0.557. The molecule has 1 aliphatic heterocycles. The Labute approximate surface area is 61.7 Å². The normalized spacial score (nSPS) is 16.4. The Bertz CT molecular complexity index is 199. The first-order valence-electron chi connectivity index (χ1n) is 3.25. The smallest absolute Gasteiger partial charge is 0.0469 e. The average Bonchev–Trinajstić information content (AvgIpc) is 2.05. The summed E-state index contributed by atoms with van der Waals surface area (Å²) in [7, 11) is 0. The molecule has 0 saturated carbocycles. The van der Waals surface area contributed by atoms with Crippen LogP contribution in [0, 0.1) is 0 Å². The molecule has 0 bridgehead atoms. The molecule has 1 heteroatoms. The van der Waals surface area contributed by atoms with E-state index in [4.69, 9.17) is 0 Å². The molecule has 0 saturated heterocycles. The molecule has 0 N–H and O–H groups in total. The van der Waals surface area contributed by atoms with Crippen molar-refractivity contribution in [2.75, 3.05) is 6.54 Å². The van der Waals surface area contributed by atoms with Gasteiger partial charge in [0.15, 0.2) is 0 Å². The Morgan fingerprint density at radius 3 is 2.90 bits per heavy atom. The van der Waals surface area contributed by atoms with Gasteiger partial charge in [0, 0.05) is 12.7 Å². The van der Waals surface area contributed by atoms with E-state index in [2.05, 4.69) is 13.2 Å². The van der Waals surface area contributed by atoms with Crippen LogP contribution in [-0.2, 0) is 0 Å². The monoisotopic (exact) mass is 133 g/mol. The lowest BCUT2D eigenvalue weighted by molar-refractivity contribution is 0.551. The maximum atomic E-state index is 3.69. The fourth-order valence-corrected chi connectivity index (χ4v) is 0.851. The molecule has 0 spiro atoms. The summed E-state index contributed by atoms with van der Waals surface area (Å²) in [6, 6.07) is 0. The predicted octanol–water partition coefficient (Wildman–Crippen LogP) is 2.07. The third kappa shape index (κ3) is 1.38. The Morgan fingerprint density at radius 2 is 2.30 bits per heavy atom. The number of hydrogen-bond donors (Lipinski definition) is 0. The van der Waals surface area contributed by atoms with Crippen molar-refractivity contribution in [2.45, 2.75) is 0 Å². The lowest BCUT2D eigenvalue weighted by Gasteiger charge is -2.17. The van der Waals surface area contributed by atoms with Crippen LogP contribution in [0.3, 0.4) is 0 Å². The van der Waals surface area contributed by atoms with Crippen LogP contribution >= 0.6 is 0 Å². The molecule has 0 fully saturated rings. The van der Waals surface area contributed by atoms with Crippen molar-refractivity contribution in [1.29, 1.82) is 0 Å². The fourth-order valence-electron chi connectivity index (χ4n) is 0.851. The Balaban J connectivity index is 2.66. The molecule has 1 aliphatic rings. The van der Waals surface area contributed by atoms with Gasteiger partial charge in [-0.2, -0.15) is 0 Å². The molecule has 0 unspecified atom stereocenters. The summed E-state index contributed by atoms with van der Waals surface area (Å²) in [5, 5.41) is 0. The molecule has 0 aromatic carbocycles. The topological polar surface area (TPSA) is 3.24 Å². The minimum absolute atomic E-state index is 0.892. The Kier molecular flexibility index (Phi) is 2.11. The van der Waals surface area contributed by atoms with Gasteiger partial charge >= 0.3 is 0 Å². The van der Waals surface area contributed by atoms with Crippen LogP contribution in [0.4, 0.5) is 0 Å². The zero-order chi connectivity index (χ0) is 7.40. The van der Waals surface area contributed by atoms with Crippen molar-refractivity contribution >= 4 is 0 Å². The molecular weight excluding hydrogens is 122 g/mol. The Morgan fingerprint density at radius 1 is 1.50 bits per heavy atom. The average molecular weight is 133 g/mol. The van der Waals surface area contributed by atoms with Crippen molar-refractivity contribution in [3.8, 4) is 0 Å². The first kappa shape index (κ1) is 6.87. The SMILES string of the molecule is C=CC1=CC=CN(C=C)C1. The zero-order valence-corrected chi connectivity index (χ0v) is 5.96. The Hall–Kier alpha value is -1.24. The van der Waals surface area contributed by atoms with Gasteiger partial charge in [-0.05, 0) is 17.8 Å². The lowest BCUT2D eigenvalue weighted by Crippen LogP contribution is -2.14.